The molecular formula is C14H19NO3. The lowest BCUT2D eigenvalue weighted by Gasteiger charge is -2.25. The number of rotatable bonds is 4. The van der Waals surface area contributed by atoms with Gasteiger partial charge in [0.2, 0.25) is 0 Å². The Morgan fingerprint density at radius 1 is 1.22 bits per heavy atom. The Labute approximate surface area is 107 Å². The van der Waals surface area contributed by atoms with E-state index in [0.717, 1.165) is 12.0 Å². The summed E-state index contributed by atoms with van der Waals surface area (Å²) in [5.74, 6) is -2.42. The molecule has 0 spiro atoms. The van der Waals surface area contributed by atoms with Crippen LogP contribution in [0.15, 0.2) is 24.3 Å². The van der Waals surface area contributed by atoms with Gasteiger partial charge in [-0.2, -0.15) is 0 Å². The molecular weight excluding hydrogens is 230 g/mol. The highest BCUT2D eigenvalue weighted by Crippen LogP contribution is 2.22. The summed E-state index contributed by atoms with van der Waals surface area (Å²) in [5.41, 5.74) is 2.03. The van der Waals surface area contributed by atoms with Gasteiger partial charge in [0.25, 0.3) is 0 Å². The molecule has 0 bridgehead atoms. The van der Waals surface area contributed by atoms with Crippen LogP contribution in [-0.4, -0.2) is 23.5 Å². The van der Waals surface area contributed by atoms with E-state index >= 15 is 0 Å². The van der Waals surface area contributed by atoms with E-state index in [-0.39, 0.29) is 5.41 Å². The molecule has 0 aliphatic carbocycles. The van der Waals surface area contributed by atoms with Crippen LogP contribution >= 0.6 is 0 Å². The van der Waals surface area contributed by atoms with Crippen molar-refractivity contribution >= 4 is 11.9 Å². The lowest BCUT2D eigenvalue weighted by Crippen LogP contribution is -2.39. The number of carbonyl (C=O) groups excluding carboxylic acids is 1. The fourth-order valence-corrected chi connectivity index (χ4v) is 1.67. The van der Waals surface area contributed by atoms with Crippen LogP contribution in [0.5, 0.6) is 0 Å². The molecule has 4 heteroatoms. The van der Waals surface area contributed by atoms with Crippen molar-refractivity contribution < 1.29 is 14.7 Å². The van der Waals surface area contributed by atoms with Gasteiger partial charge in [0.1, 0.15) is 0 Å². The lowest BCUT2D eigenvalue weighted by atomic mass is 9.84. The van der Waals surface area contributed by atoms with Gasteiger partial charge in [-0.3, -0.25) is 4.79 Å². The van der Waals surface area contributed by atoms with Crippen molar-refractivity contribution in [2.45, 2.75) is 32.6 Å². The number of benzene rings is 1. The quantitative estimate of drug-likeness (QED) is 0.799. The molecule has 0 aliphatic heterocycles. The monoisotopic (exact) mass is 249 g/mol. The van der Waals surface area contributed by atoms with Crippen LogP contribution < -0.4 is 5.32 Å². The van der Waals surface area contributed by atoms with Crippen LogP contribution in [0.1, 0.15) is 31.9 Å². The molecule has 1 aromatic carbocycles. The zero-order valence-corrected chi connectivity index (χ0v) is 11.0. The summed E-state index contributed by atoms with van der Waals surface area (Å²) in [4.78, 5) is 21.4. The second kappa shape index (κ2) is 5.67. The third-order valence-electron chi connectivity index (χ3n) is 3.03. The highest BCUT2D eigenvalue weighted by Gasteiger charge is 2.22. The molecule has 0 unspecified atom stereocenters. The predicted molar refractivity (Wildman–Crippen MR) is 69.5 cm³/mol. The van der Waals surface area contributed by atoms with Gasteiger partial charge in [0, 0.05) is 12.0 Å². The zero-order valence-electron chi connectivity index (χ0n) is 11.0. The normalized spacial score (nSPS) is 11.1. The Morgan fingerprint density at radius 3 is 2.22 bits per heavy atom. The Kier molecular flexibility index (Phi) is 4.48. The standard InChI is InChI=1S/C14H19NO3/c1-4-10-5-7-11(8-6-10)14(2,3)9-15-12(16)13(17)18/h5-8H,4,9H2,1-3H3,(H,15,16)(H,17,18). The number of hydrogen-bond donors (Lipinski definition) is 2. The number of hydrogen-bond acceptors (Lipinski definition) is 2. The fraction of sp³-hybridized carbons (Fsp3) is 0.429. The van der Waals surface area contributed by atoms with E-state index in [0.29, 0.717) is 6.54 Å². The Bertz CT molecular complexity index is 435. The highest BCUT2D eigenvalue weighted by atomic mass is 16.4. The molecule has 2 N–H and O–H groups in total. The minimum Gasteiger partial charge on any atom is -0.474 e. The molecule has 0 heterocycles. The van der Waals surface area contributed by atoms with Gasteiger partial charge < -0.3 is 10.4 Å². The Morgan fingerprint density at radius 2 is 1.78 bits per heavy atom. The summed E-state index contributed by atoms with van der Waals surface area (Å²) in [6.07, 6.45) is 0.983. The largest absolute Gasteiger partial charge is 0.474 e. The first kappa shape index (κ1) is 14.2. The molecule has 0 aliphatic rings. The van der Waals surface area contributed by atoms with Crippen LogP contribution in [0, 0.1) is 0 Å². The summed E-state index contributed by atoms with van der Waals surface area (Å²) in [7, 11) is 0. The molecule has 0 fully saturated rings. The summed E-state index contributed by atoms with van der Waals surface area (Å²) in [6, 6.07) is 8.14. The maximum absolute atomic E-state index is 11.0. The number of carboxylic acids is 1. The first-order valence-corrected chi connectivity index (χ1v) is 5.97. The number of nitrogens with one attached hydrogen (secondary N) is 1. The molecule has 0 saturated heterocycles. The van der Waals surface area contributed by atoms with E-state index in [1.54, 1.807) is 0 Å². The molecule has 1 aromatic rings. The Balaban J connectivity index is 2.72. The van der Waals surface area contributed by atoms with Gasteiger partial charge in [-0.05, 0) is 17.5 Å². The van der Waals surface area contributed by atoms with E-state index in [1.807, 2.05) is 26.0 Å². The van der Waals surface area contributed by atoms with Crippen molar-refractivity contribution in [1.29, 1.82) is 0 Å². The number of carboxylic acid groups (broad SMARTS) is 1. The van der Waals surface area contributed by atoms with Crippen LogP contribution in [0.2, 0.25) is 0 Å². The SMILES string of the molecule is CCc1ccc(C(C)(C)CNC(=O)C(=O)O)cc1. The van der Waals surface area contributed by atoms with Gasteiger partial charge in [-0.15, -0.1) is 0 Å². The molecule has 0 atom stereocenters. The number of aliphatic carboxylic acids is 1. The third kappa shape index (κ3) is 3.58. The number of aryl methyl sites for hydroxylation is 1. The van der Waals surface area contributed by atoms with Gasteiger partial charge >= 0.3 is 11.9 Å². The molecule has 0 saturated carbocycles. The van der Waals surface area contributed by atoms with E-state index in [9.17, 15) is 9.59 Å². The molecule has 18 heavy (non-hydrogen) atoms. The van der Waals surface area contributed by atoms with Gasteiger partial charge in [0.05, 0.1) is 0 Å². The maximum Gasteiger partial charge on any atom is 0.394 e. The first-order chi connectivity index (χ1) is 8.36. The first-order valence-electron chi connectivity index (χ1n) is 5.97. The summed E-state index contributed by atoms with van der Waals surface area (Å²) in [6.45, 7) is 6.32. The lowest BCUT2D eigenvalue weighted by molar-refractivity contribution is -0.150. The van der Waals surface area contributed by atoms with Crippen molar-refractivity contribution in [2.75, 3.05) is 6.54 Å². The summed E-state index contributed by atoms with van der Waals surface area (Å²) in [5, 5.41) is 10.9. The van der Waals surface area contributed by atoms with Gasteiger partial charge in [-0.25, -0.2) is 4.79 Å². The topological polar surface area (TPSA) is 66.4 Å². The van der Waals surface area contributed by atoms with Crippen molar-refractivity contribution in [2.24, 2.45) is 0 Å². The molecule has 1 rings (SSSR count). The zero-order chi connectivity index (χ0) is 13.8. The van der Waals surface area contributed by atoms with E-state index in [2.05, 4.69) is 24.4 Å². The van der Waals surface area contributed by atoms with Crippen molar-refractivity contribution in [3.05, 3.63) is 35.4 Å². The van der Waals surface area contributed by atoms with Crippen LogP contribution in [0.3, 0.4) is 0 Å². The fourth-order valence-electron chi connectivity index (χ4n) is 1.67. The second-order valence-corrected chi connectivity index (χ2v) is 4.92. The predicted octanol–water partition coefficient (Wildman–Crippen LogP) is 1.73. The van der Waals surface area contributed by atoms with E-state index < -0.39 is 11.9 Å². The van der Waals surface area contributed by atoms with Crippen molar-refractivity contribution in [3.63, 3.8) is 0 Å². The molecule has 0 aromatic heterocycles. The minimum absolute atomic E-state index is 0.294. The average molecular weight is 249 g/mol. The average Bonchev–Trinajstić information content (AvgIpc) is 2.36. The summed E-state index contributed by atoms with van der Waals surface area (Å²) >= 11 is 0. The smallest absolute Gasteiger partial charge is 0.394 e. The van der Waals surface area contributed by atoms with Crippen molar-refractivity contribution in [1.82, 2.24) is 5.32 Å². The minimum atomic E-state index is -1.45. The highest BCUT2D eigenvalue weighted by molar-refractivity contribution is 6.31. The molecule has 0 radical (unpaired) electrons. The molecule has 98 valence electrons. The maximum atomic E-state index is 11.0. The van der Waals surface area contributed by atoms with E-state index in [4.69, 9.17) is 5.11 Å². The van der Waals surface area contributed by atoms with Crippen LogP contribution in [0.25, 0.3) is 0 Å². The number of amides is 1. The van der Waals surface area contributed by atoms with Gasteiger partial charge in [-0.1, -0.05) is 45.0 Å². The third-order valence-corrected chi connectivity index (χ3v) is 3.03. The van der Waals surface area contributed by atoms with Gasteiger partial charge in [0.15, 0.2) is 0 Å². The molecule has 4 nitrogen and oxygen atoms in total. The van der Waals surface area contributed by atoms with Crippen molar-refractivity contribution in [3.8, 4) is 0 Å². The van der Waals surface area contributed by atoms with Crippen LogP contribution in [-0.2, 0) is 21.4 Å². The second-order valence-electron chi connectivity index (χ2n) is 4.92. The van der Waals surface area contributed by atoms with E-state index in [1.165, 1.54) is 5.56 Å². The van der Waals surface area contributed by atoms with Crippen LogP contribution in [0.4, 0.5) is 0 Å². The molecule has 1 amide bonds. The summed E-state index contributed by atoms with van der Waals surface area (Å²) < 4.78 is 0. The Hall–Kier alpha value is -1.84. The number of carbonyl (C=O) groups is 2.